The molecule has 26 heavy (non-hydrogen) atoms. The minimum absolute atomic E-state index is 0.0438. The third-order valence-corrected chi connectivity index (χ3v) is 5.92. The second kappa shape index (κ2) is 6.95. The zero-order valence-corrected chi connectivity index (χ0v) is 16.3. The SMILES string of the molecule is CN1CC/C(=C\Oc2ccc(Cl)cc2Cl)c2c1c1ccccc1sc2=O. The Morgan fingerprint density at radius 1 is 1.19 bits per heavy atom. The summed E-state index contributed by atoms with van der Waals surface area (Å²) in [6.07, 6.45) is 2.37. The van der Waals surface area contributed by atoms with Gasteiger partial charge in [-0.25, -0.2) is 0 Å². The maximum atomic E-state index is 12.8. The van der Waals surface area contributed by atoms with Crippen molar-refractivity contribution in [2.75, 3.05) is 18.5 Å². The Hall–Kier alpha value is -2.01. The highest BCUT2D eigenvalue weighted by Gasteiger charge is 2.24. The molecule has 132 valence electrons. The van der Waals surface area contributed by atoms with Crippen molar-refractivity contribution in [1.82, 2.24) is 0 Å². The highest BCUT2D eigenvalue weighted by molar-refractivity contribution is 7.16. The zero-order chi connectivity index (χ0) is 18.3. The number of nitrogens with zero attached hydrogens (tertiary/aromatic N) is 1. The first-order valence-electron chi connectivity index (χ1n) is 8.12. The number of benzene rings is 2. The van der Waals surface area contributed by atoms with Gasteiger partial charge in [-0.15, -0.1) is 0 Å². The van der Waals surface area contributed by atoms with Crippen molar-refractivity contribution in [2.45, 2.75) is 6.42 Å². The molecule has 3 aromatic rings. The van der Waals surface area contributed by atoms with Gasteiger partial charge < -0.3 is 9.64 Å². The number of fused-ring (bicyclic) bond motifs is 3. The second-order valence-electron chi connectivity index (χ2n) is 6.12. The van der Waals surface area contributed by atoms with E-state index in [9.17, 15) is 4.79 Å². The van der Waals surface area contributed by atoms with Crippen LogP contribution in [0.1, 0.15) is 12.0 Å². The Morgan fingerprint density at radius 2 is 2.00 bits per heavy atom. The monoisotopic (exact) mass is 403 g/mol. The van der Waals surface area contributed by atoms with Gasteiger partial charge in [-0.2, -0.15) is 0 Å². The average Bonchev–Trinajstić information content (AvgIpc) is 2.62. The van der Waals surface area contributed by atoms with Crippen LogP contribution in [0.4, 0.5) is 5.69 Å². The molecule has 0 saturated heterocycles. The van der Waals surface area contributed by atoms with Crippen LogP contribution in [-0.4, -0.2) is 13.6 Å². The van der Waals surface area contributed by atoms with E-state index in [0.717, 1.165) is 34.3 Å². The van der Waals surface area contributed by atoms with Gasteiger partial charge in [-0.1, -0.05) is 52.7 Å². The number of halogens is 2. The molecular formula is C20H15Cl2NO2S. The standard InChI is InChI=1S/C20H15Cl2NO2S/c1-23-9-8-12(11-25-16-7-6-13(21)10-15(16)22)18-19(23)14-4-2-3-5-17(14)26-20(18)24/h2-7,10-11H,8-9H2,1H3/b12-11+. The Balaban J connectivity index is 1.82. The van der Waals surface area contributed by atoms with Crippen LogP contribution in [0.3, 0.4) is 0 Å². The summed E-state index contributed by atoms with van der Waals surface area (Å²) in [6.45, 7) is 0.814. The topological polar surface area (TPSA) is 29.5 Å². The number of ether oxygens (including phenoxy) is 1. The maximum absolute atomic E-state index is 12.8. The van der Waals surface area contributed by atoms with E-state index in [4.69, 9.17) is 27.9 Å². The third kappa shape index (κ3) is 3.09. The molecule has 0 spiro atoms. The van der Waals surface area contributed by atoms with Crippen molar-refractivity contribution in [2.24, 2.45) is 0 Å². The van der Waals surface area contributed by atoms with Crippen molar-refractivity contribution in [1.29, 1.82) is 0 Å². The molecule has 6 heteroatoms. The van der Waals surface area contributed by atoms with Crippen molar-refractivity contribution in [3.8, 4) is 5.75 Å². The number of hydrogen-bond acceptors (Lipinski definition) is 4. The fraction of sp³-hybridized carbons (Fsp3) is 0.150. The molecule has 0 aliphatic carbocycles. The van der Waals surface area contributed by atoms with E-state index in [1.807, 2.05) is 25.2 Å². The summed E-state index contributed by atoms with van der Waals surface area (Å²) in [6, 6.07) is 13.1. The van der Waals surface area contributed by atoms with E-state index in [-0.39, 0.29) is 4.74 Å². The first-order chi connectivity index (χ1) is 12.5. The van der Waals surface area contributed by atoms with E-state index in [0.29, 0.717) is 21.4 Å². The molecule has 0 radical (unpaired) electrons. The number of hydrogen-bond donors (Lipinski definition) is 0. The third-order valence-electron chi connectivity index (χ3n) is 4.43. The smallest absolute Gasteiger partial charge is 0.242 e. The summed E-state index contributed by atoms with van der Waals surface area (Å²) in [5, 5.41) is 2.07. The summed E-state index contributed by atoms with van der Waals surface area (Å²) < 4.78 is 6.82. The summed E-state index contributed by atoms with van der Waals surface area (Å²) in [5.41, 5.74) is 2.57. The van der Waals surface area contributed by atoms with Gasteiger partial charge in [0.25, 0.3) is 0 Å². The highest BCUT2D eigenvalue weighted by atomic mass is 35.5. The fourth-order valence-electron chi connectivity index (χ4n) is 3.16. The minimum atomic E-state index is 0.0438. The summed E-state index contributed by atoms with van der Waals surface area (Å²) in [4.78, 5) is 14.9. The summed E-state index contributed by atoms with van der Waals surface area (Å²) in [5.74, 6) is 0.515. The summed E-state index contributed by atoms with van der Waals surface area (Å²) >= 11 is 13.4. The molecule has 0 atom stereocenters. The van der Waals surface area contributed by atoms with Gasteiger partial charge in [0, 0.05) is 34.3 Å². The van der Waals surface area contributed by atoms with Gasteiger partial charge in [0.05, 0.1) is 22.5 Å². The van der Waals surface area contributed by atoms with Crippen LogP contribution in [0, 0.1) is 0 Å². The van der Waals surface area contributed by atoms with Crippen LogP contribution in [0.2, 0.25) is 10.0 Å². The van der Waals surface area contributed by atoms with Crippen LogP contribution < -0.4 is 14.4 Å². The van der Waals surface area contributed by atoms with Gasteiger partial charge in [0.1, 0.15) is 5.75 Å². The lowest BCUT2D eigenvalue weighted by molar-refractivity contribution is 0.481. The molecule has 0 amide bonds. The lowest BCUT2D eigenvalue weighted by Crippen LogP contribution is -2.27. The highest BCUT2D eigenvalue weighted by Crippen LogP contribution is 2.38. The fourth-order valence-corrected chi connectivity index (χ4v) is 4.57. The van der Waals surface area contributed by atoms with E-state index in [1.165, 1.54) is 11.3 Å². The maximum Gasteiger partial charge on any atom is 0.242 e. The molecule has 1 aliphatic rings. The van der Waals surface area contributed by atoms with Crippen molar-refractivity contribution in [3.05, 3.63) is 73.9 Å². The predicted molar refractivity (Wildman–Crippen MR) is 111 cm³/mol. The van der Waals surface area contributed by atoms with Crippen LogP contribution in [0.5, 0.6) is 5.75 Å². The van der Waals surface area contributed by atoms with Crippen molar-refractivity contribution >= 4 is 55.9 Å². The van der Waals surface area contributed by atoms with Crippen LogP contribution in [-0.2, 0) is 0 Å². The van der Waals surface area contributed by atoms with Crippen molar-refractivity contribution in [3.63, 3.8) is 0 Å². The zero-order valence-electron chi connectivity index (χ0n) is 14.0. The van der Waals surface area contributed by atoms with E-state index >= 15 is 0 Å². The van der Waals surface area contributed by atoms with Gasteiger partial charge in [-0.3, -0.25) is 4.79 Å². The van der Waals surface area contributed by atoms with E-state index < -0.39 is 0 Å². The van der Waals surface area contributed by atoms with Crippen LogP contribution >= 0.6 is 34.5 Å². The Kier molecular flexibility index (Phi) is 4.65. The summed E-state index contributed by atoms with van der Waals surface area (Å²) in [7, 11) is 2.02. The number of anilines is 1. The molecule has 0 saturated carbocycles. The molecule has 1 aliphatic heterocycles. The van der Waals surface area contributed by atoms with Gasteiger partial charge in [0.2, 0.25) is 4.74 Å². The molecule has 0 fully saturated rings. The van der Waals surface area contributed by atoms with Gasteiger partial charge >= 0.3 is 0 Å². The van der Waals surface area contributed by atoms with Crippen LogP contribution in [0.15, 0.2) is 53.5 Å². The van der Waals surface area contributed by atoms with Gasteiger partial charge in [0.15, 0.2) is 0 Å². The Morgan fingerprint density at radius 3 is 2.81 bits per heavy atom. The Labute approximate surface area is 165 Å². The molecule has 2 heterocycles. The number of rotatable bonds is 2. The lowest BCUT2D eigenvalue weighted by atomic mass is 9.98. The van der Waals surface area contributed by atoms with Crippen LogP contribution in [0.25, 0.3) is 15.7 Å². The molecular weight excluding hydrogens is 389 g/mol. The van der Waals surface area contributed by atoms with E-state index in [2.05, 4.69) is 11.0 Å². The molecule has 1 aromatic heterocycles. The molecule has 0 bridgehead atoms. The molecule has 3 nitrogen and oxygen atoms in total. The normalized spacial score (nSPS) is 15.3. The average molecular weight is 404 g/mol. The van der Waals surface area contributed by atoms with Gasteiger partial charge in [-0.05, 0) is 30.7 Å². The first kappa shape index (κ1) is 17.4. The predicted octanol–water partition coefficient (Wildman–Crippen LogP) is 5.83. The Bertz CT molecular complexity index is 1090. The van der Waals surface area contributed by atoms with E-state index in [1.54, 1.807) is 24.5 Å². The molecule has 0 N–H and O–H groups in total. The first-order valence-corrected chi connectivity index (χ1v) is 9.70. The molecule has 2 aromatic carbocycles. The lowest BCUT2D eigenvalue weighted by Gasteiger charge is -2.29. The second-order valence-corrected chi connectivity index (χ2v) is 7.97. The van der Waals surface area contributed by atoms with Crippen molar-refractivity contribution < 1.29 is 4.74 Å². The minimum Gasteiger partial charge on any atom is -0.463 e. The quantitative estimate of drug-likeness (QED) is 0.504. The molecule has 0 unspecified atom stereocenters. The molecule has 4 rings (SSSR count). The largest absolute Gasteiger partial charge is 0.463 e.